The maximum absolute atomic E-state index is 12.1. The first kappa shape index (κ1) is 13.6. The van der Waals surface area contributed by atoms with Crippen molar-refractivity contribution < 1.29 is 8.42 Å². The molecule has 0 heterocycles. The summed E-state index contributed by atoms with van der Waals surface area (Å²) in [6.45, 7) is 0.473. The first-order chi connectivity index (χ1) is 9.09. The highest BCUT2D eigenvalue weighted by molar-refractivity contribution is 7.91. The fraction of sp³-hybridized carbons (Fsp3) is 0.200. The molecular weight excluding hydrogens is 258 g/mol. The fourth-order valence-electron chi connectivity index (χ4n) is 1.81. The molecule has 0 aromatic heterocycles. The molecule has 0 amide bonds. The Morgan fingerprint density at radius 2 is 1.42 bits per heavy atom. The summed E-state index contributed by atoms with van der Waals surface area (Å²) in [5.74, 6) is 0.113. The summed E-state index contributed by atoms with van der Waals surface area (Å²) in [4.78, 5) is 2.33. The van der Waals surface area contributed by atoms with Crippen LogP contribution >= 0.6 is 0 Å². The number of hydrogen-bond donors (Lipinski definition) is 0. The van der Waals surface area contributed by atoms with E-state index in [0.717, 1.165) is 5.69 Å². The topological polar surface area (TPSA) is 37.4 Å². The molecule has 0 unspecified atom stereocenters. The monoisotopic (exact) mass is 275 g/mol. The van der Waals surface area contributed by atoms with Crippen LogP contribution in [0.5, 0.6) is 0 Å². The van der Waals surface area contributed by atoms with Gasteiger partial charge in [0.1, 0.15) is 0 Å². The van der Waals surface area contributed by atoms with E-state index in [1.807, 2.05) is 48.3 Å². The first-order valence-corrected chi connectivity index (χ1v) is 7.79. The van der Waals surface area contributed by atoms with E-state index in [-0.39, 0.29) is 5.75 Å². The van der Waals surface area contributed by atoms with Crippen molar-refractivity contribution in [1.82, 2.24) is 0 Å². The molecular formula is C15H17NO2S. The van der Waals surface area contributed by atoms with Gasteiger partial charge in [0.2, 0.25) is 0 Å². The largest absolute Gasteiger partial charge is 0.374 e. The van der Waals surface area contributed by atoms with Crippen LogP contribution in [0.3, 0.4) is 0 Å². The van der Waals surface area contributed by atoms with Gasteiger partial charge in [-0.05, 0) is 24.3 Å². The molecule has 0 saturated carbocycles. The average Bonchev–Trinajstić information content (AvgIpc) is 2.47. The van der Waals surface area contributed by atoms with Gasteiger partial charge in [0, 0.05) is 19.3 Å². The maximum Gasteiger partial charge on any atom is 0.180 e. The van der Waals surface area contributed by atoms with Gasteiger partial charge in [-0.25, -0.2) is 8.42 Å². The third kappa shape index (κ3) is 3.58. The summed E-state index contributed by atoms with van der Waals surface area (Å²) in [6, 6.07) is 18.3. The summed E-state index contributed by atoms with van der Waals surface area (Å²) < 4.78 is 24.3. The molecule has 0 bridgehead atoms. The van der Waals surface area contributed by atoms with Gasteiger partial charge in [0.05, 0.1) is 10.6 Å². The minimum absolute atomic E-state index is 0.113. The highest BCUT2D eigenvalue weighted by atomic mass is 32.2. The minimum Gasteiger partial charge on any atom is -0.374 e. The van der Waals surface area contributed by atoms with E-state index in [4.69, 9.17) is 0 Å². The zero-order valence-corrected chi connectivity index (χ0v) is 11.7. The Morgan fingerprint density at radius 3 is 2.00 bits per heavy atom. The molecule has 0 saturated heterocycles. The quantitative estimate of drug-likeness (QED) is 0.841. The fourth-order valence-corrected chi connectivity index (χ4v) is 3.14. The minimum atomic E-state index is -3.21. The van der Waals surface area contributed by atoms with Crippen molar-refractivity contribution in [2.45, 2.75) is 4.90 Å². The molecule has 0 N–H and O–H groups in total. The molecule has 3 nitrogen and oxygen atoms in total. The summed E-state index contributed by atoms with van der Waals surface area (Å²) in [5.41, 5.74) is 1.02. The summed E-state index contributed by atoms with van der Waals surface area (Å²) >= 11 is 0. The van der Waals surface area contributed by atoms with E-state index in [1.54, 1.807) is 24.3 Å². The second-order valence-corrected chi connectivity index (χ2v) is 6.50. The van der Waals surface area contributed by atoms with Gasteiger partial charge in [-0.2, -0.15) is 0 Å². The van der Waals surface area contributed by atoms with Gasteiger partial charge in [0.25, 0.3) is 0 Å². The van der Waals surface area contributed by atoms with Crippen LogP contribution < -0.4 is 4.90 Å². The molecule has 0 fully saturated rings. The van der Waals surface area contributed by atoms with Crippen LogP contribution in [0.15, 0.2) is 65.6 Å². The lowest BCUT2D eigenvalue weighted by Gasteiger charge is -2.19. The SMILES string of the molecule is CN(CCS(=O)(=O)c1ccccc1)c1ccccc1. The Kier molecular flexibility index (Phi) is 4.22. The van der Waals surface area contributed by atoms with Gasteiger partial charge in [-0.1, -0.05) is 36.4 Å². The lowest BCUT2D eigenvalue weighted by Crippen LogP contribution is -2.25. The van der Waals surface area contributed by atoms with E-state index in [9.17, 15) is 8.42 Å². The van der Waals surface area contributed by atoms with E-state index >= 15 is 0 Å². The normalized spacial score (nSPS) is 11.2. The Balaban J connectivity index is 2.03. The van der Waals surface area contributed by atoms with Crippen molar-refractivity contribution >= 4 is 15.5 Å². The van der Waals surface area contributed by atoms with Crippen molar-refractivity contribution in [2.75, 3.05) is 24.2 Å². The van der Waals surface area contributed by atoms with Gasteiger partial charge in [-0.3, -0.25) is 0 Å². The van der Waals surface area contributed by atoms with Crippen LogP contribution in [-0.4, -0.2) is 27.8 Å². The van der Waals surface area contributed by atoms with Crippen LogP contribution in [0.1, 0.15) is 0 Å². The Morgan fingerprint density at radius 1 is 0.895 bits per heavy atom. The van der Waals surface area contributed by atoms with Gasteiger partial charge in [-0.15, -0.1) is 0 Å². The van der Waals surface area contributed by atoms with E-state index in [0.29, 0.717) is 11.4 Å². The highest BCUT2D eigenvalue weighted by Crippen LogP contribution is 2.13. The van der Waals surface area contributed by atoms with Crippen molar-refractivity contribution in [3.63, 3.8) is 0 Å². The van der Waals surface area contributed by atoms with E-state index in [2.05, 4.69) is 0 Å². The molecule has 0 atom stereocenters. The third-order valence-corrected chi connectivity index (χ3v) is 4.71. The highest BCUT2D eigenvalue weighted by Gasteiger charge is 2.14. The molecule has 100 valence electrons. The number of hydrogen-bond acceptors (Lipinski definition) is 3. The number of nitrogens with zero attached hydrogens (tertiary/aromatic N) is 1. The van der Waals surface area contributed by atoms with Crippen molar-refractivity contribution in [3.8, 4) is 0 Å². The molecule has 0 aliphatic rings. The Bertz CT molecular complexity index is 609. The van der Waals surface area contributed by atoms with Gasteiger partial charge >= 0.3 is 0 Å². The molecule has 0 radical (unpaired) electrons. The lowest BCUT2D eigenvalue weighted by atomic mass is 10.3. The predicted octanol–water partition coefficient (Wildman–Crippen LogP) is 2.60. The number of benzene rings is 2. The van der Waals surface area contributed by atoms with Crippen molar-refractivity contribution in [2.24, 2.45) is 0 Å². The van der Waals surface area contributed by atoms with Gasteiger partial charge < -0.3 is 4.90 Å². The van der Waals surface area contributed by atoms with Crippen LogP contribution in [0.2, 0.25) is 0 Å². The van der Waals surface area contributed by atoms with Crippen molar-refractivity contribution in [1.29, 1.82) is 0 Å². The van der Waals surface area contributed by atoms with E-state index in [1.165, 1.54) is 0 Å². The zero-order chi connectivity index (χ0) is 13.7. The number of sulfone groups is 1. The zero-order valence-electron chi connectivity index (χ0n) is 10.9. The molecule has 2 aromatic rings. The van der Waals surface area contributed by atoms with Crippen molar-refractivity contribution in [3.05, 3.63) is 60.7 Å². The standard InChI is InChI=1S/C15H17NO2S/c1-16(14-8-4-2-5-9-14)12-13-19(17,18)15-10-6-3-7-11-15/h2-11H,12-13H2,1H3. The summed E-state index contributed by atoms with van der Waals surface area (Å²) in [7, 11) is -1.31. The maximum atomic E-state index is 12.1. The second kappa shape index (κ2) is 5.89. The molecule has 4 heteroatoms. The molecule has 2 rings (SSSR count). The molecule has 2 aromatic carbocycles. The molecule has 0 spiro atoms. The summed E-state index contributed by atoms with van der Waals surface area (Å²) in [6.07, 6.45) is 0. The number of anilines is 1. The van der Waals surface area contributed by atoms with Crippen LogP contribution in [-0.2, 0) is 9.84 Å². The van der Waals surface area contributed by atoms with Crippen LogP contribution in [0, 0.1) is 0 Å². The lowest BCUT2D eigenvalue weighted by molar-refractivity contribution is 0.595. The number of rotatable bonds is 5. The Hall–Kier alpha value is -1.81. The number of para-hydroxylation sites is 1. The average molecular weight is 275 g/mol. The van der Waals surface area contributed by atoms with Crippen LogP contribution in [0.25, 0.3) is 0 Å². The van der Waals surface area contributed by atoms with Gasteiger partial charge in [0.15, 0.2) is 9.84 Å². The summed E-state index contributed by atoms with van der Waals surface area (Å²) in [5, 5.41) is 0. The first-order valence-electron chi connectivity index (χ1n) is 6.13. The van der Waals surface area contributed by atoms with E-state index < -0.39 is 9.84 Å². The molecule has 19 heavy (non-hydrogen) atoms. The molecule has 0 aliphatic heterocycles. The predicted molar refractivity (Wildman–Crippen MR) is 78.2 cm³/mol. The second-order valence-electron chi connectivity index (χ2n) is 4.39. The smallest absolute Gasteiger partial charge is 0.180 e. The van der Waals surface area contributed by atoms with Crippen LogP contribution in [0.4, 0.5) is 5.69 Å². The Labute approximate surface area is 114 Å². The molecule has 0 aliphatic carbocycles. The third-order valence-electron chi connectivity index (χ3n) is 2.99.